The number of para-hydroxylation sites is 1. The zero-order valence-corrected chi connectivity index (χ0v) is 16.3. The summed E-state index contributed by atoms with van der Waals surface area (Å²) in [4.78, 5) is 9.09. The second kappa shape index (κ2) is 8.94. The normalized spacial score (nSPS) is 15.4. The van der Waals surface area contributed by atoms with E-state index < -0.39 is 0 Å². The monoisotopic (exact) mass is 374 g/mol. The van der Waals surface area contributed by atoms with Crippen molar-refractivity contribution < 1.29 is 0 Å². The average Bonchev–Trinajstić information content (AvgIpc) is 3.08. The van der Waals surface area contributed by atoms with Gasteiger partial charge in [0.2, 0.25) is 0 Å². The van der Waals surface area contributed by atoms with Crippen molar-refractivity contribution in [3.8, 4) is 0 Å². The van der Waals surface area contributed by atoms with Crippen LogP contribution in [0.5, 0.6) is 0 Å². The van der Waals surface area contributed by atoms with E-state index in [0.29, 0.717) is 0 Å². The predicted molar refractivity (Wildman–Crippen MR) is 108 cm³/mol. The molecule has 26 heavy (non-hydrogen) atoms. The summed E-state index contributed by atoms with van der Waals surface area (Å²) in [7, 11) is 1.85. The third-order valence-electron chi connectivity index (χ3n) is 4.59. The largest absolute Gasteiger partial charge is 0.367 e. The summed E-state index contributed by atoms with van der Waals surface area (Å²) in [6.45, 7) is 7.61. The van der Waals surface area contributed by atoms with Crippen molar-refractivity contribution >= 4 is 23.2 Å². The van der Waals surface area contributed by atoms with E-state index in [1.165, 1.54) is 5.56 Å². The third kappa shape index (κ3) is 4.69. The second-order valence-corrected chi connectivity index (χ2v) is 6.94. The number of anilines is 1. The Morgan fingerprint density at radius 2 is 2.00 bits per heavy atom. The molecule has 0 amide bonds. The number of aliphatic imine (C=N–C) groups is 1. The Kier molecular flexibility index (Phi) is 6.39. The van der Waals surface area contributed by atoms with Crippen LogP contribution in [0.2, 0.25) is 5.02 Å². The van der Waals surface area contributed by atoms with Crippen LogP contribution in [0, 0.1) is 6.92 Å². The second-order valence-electron chi connectivity index (χ2n) is 6.53. The minimum absolute atomic E-state index is 0.817. The maximum Gasteiger partial charge on any atom is 0.193 e. The van der Waals surface area contributed by atoms with Gasteiger partial charge in [0.05, 0.1) is 16.9 Å². The molecule has 3 rings (SSSR count). The van der Waals surface area contributed by atoms with Crippen LogP contribution < -0.4 is 10.2 Å². The van der Waals surface area contributed by atoms with Gasteiger partial charge < -0.3 is 15.1 Å². The molecule has 0 atom stereocenters. The fraction of sp³-hybridized carbons (Fsp3) is 0.474. The highest BCUT2D eigenvalue weighted by molar-refractivity contribution is 6.33. The lowest BCUT2D eigenvalue weighted by atomic mass is 10.2. The molecule has 140 valence electrons. The summed E-state index contributed by atoms with van der Waals surface area (Å²) < 4.78 is 1.99. The summed E-state index contributed by atoms with van der Waals surface area (Å²) in [5, 5.41) is 8.61. The first kappa shape index (κ1) is 18.6. The Balaban J connectivity index is 1.44. The van der Waals surface area contributed by atoms with Crippen molar-refractivity contribution in [3.05, 3.63) is 47.2 Å². The van der Waals surface area contributed by atoms with Gasteiger partial charge in [-0.15, -0.1) is 0 Å². The molecule has 7 heteroatoms. The summed E-state index contributed by atoms with van der Waals surface area (Å²) in [5.74, 6) is 0.973. The Labute approximate surface area is 160 Å². The molecule has 0 bridgehead atoms. The number of halogens is 1. The molecule has 1 aliphatic rings. The predicted octanol–water partition coefficient (Wildman–Crippen LogP) is 2.63. The molecule has 1 aliphatic heterocycles. The topological polar surface area (TPSA) is 48.7 Å². The number of hydrogen-bond donors (Lipinski definition) is 1. The number of guanidine groups is 1. The standard InChI is InChI=1S/C19H27ClN6/c1-16-14-23-26(15-16)9-5-8-22-19(21-2)25-12-10-24(11-13-25)18-7-4-3-6-17(18)20/h3-4,6-7,14-15H,5,8-13H2,1-2H3,(H,21,22). The average molecular weight is 375 g/mol. The maximum absolute atomic E-state index is 6.32. The highest BCUT2D eigenvalue weighted by Crippen LogP contribution is 2.25. The molecule has 0 unspecified atom stereocenters. The summed E-state index contributed by atoms with van der Waals surface area (Å²) in [5.41, 5.74) is 2.32. The zero-order valence-electron chi connectivity index (χ0n) is 15.5. The molecule has 6 nitrogen and oxygen atoms in total. The Hall–Kier alpha value is -2.21. The van der Waals surface area contributed by atoms with Crippen molar-refractivity contribution in [2.75, 3.05) is 44.7 Å². The van der Waals surface area contributed by atoms with Gasteiger partial charge in [0.15, 0.2) is 5.96 Å². The van der Waals surface area contributed by atoms with E-state index in [-0.39, 0.29) is 0 Å². The number of hydrogen-bond acceptors (Lipinski definition) is 3. The number of nitrogens with one attached hydrogen (secondary N) is 1. The number of aryl methyl sites for hydroxylation is 2. The van der Waals surface area contributed by atoms with Crippen LogP contribution in [0.3, 0.4) is 0 Å². The third-order valence-corrected chi connectivity index (χ3v) is 4.91. The van der Waals surface area contributed by atoms with Gasteiger partial charge >= 0.3 is 0 Å². The lowest BCUT2D eigenvalue weighted by Crippen LogP contribution is -2.52. The van der Waals surface area contributed by atoms with Crippen LogP contribution in [0.25, 0.3) is 0 Å². The van der Waals surface area contributed by atoms with Crippen LogP contribution in [0.1, 0.15) is 12.0 Å². The molecular formula is C19H27ClN6. The van der Waals surface area contributed by atoms with Crippen LogP contribution in [0.15, 0.2) is 41.7 Å². The van der Waals surface area contributed by atoms with E-state index in [0.717, 1.165) is 62.4 Å². The highest BCUT2D eigenvalue weighted by atomic mass is 35.5. The van der Waals surface area contributed by atoms with Crippen molar-refractivity contribution in [2.45, 2.75) is 19.9 Å². The fourth-order valence-corrected chi connectivity index (χ4v) is 3.49. The van der Waals surface area contributed by atoms with Gasteiger partial charge in [-0.2, -0.15) is 5.10 Å². The first-order valence-electron chi connectivity index (χ1n) is 9.11. The van der Waals surface area contributed by atoms with E-state index in [1.54, 1.807) is 0 Å². The van der Waals surface area contributed by atoms with Gasteiger partial charge in [0.1, 0.15) is 0 Å². The molecule has 2 heterocycles. The van der Waals surface area contributed by atoms with Crippen molar-refractivity contribution in [1.82, 2.24) is 20.0 Å². The van der Waals surface area contributed by atoms with Gasteiger partial charge in [-0.05, 0) is 31.0 Å². The number of nitrogens with zero attached hydrogens (tertiary/aromatic N) is 5. The molecule has 1 saturated heterocycles. The number of aromatic nitrogens is 2. The maximum atomic E-state index is 6.32. The first-order chi connectivity index (χ1) is 12.7. The van der Waals surface area contributed by atoms with E-state index in [9.17, 15) is 0 Å². The molecule has 1 N–H and O–H groups in total. The number of piperazine rings is 1. The Bertz CT molecular complexity index is 733. The molecule has 0 spiro atoms. The van der Waals surface area contributed by atoms with Crippen molar-refractivity contribution in [3.63, 3.8) is 0 Å². The quantitative estimate of drug-likeness (QED) is 0.496. The lowest BCUT2D eigenvalue weighted by Gasteiger charge is -2.38. The van der Waals surface area contributed by atoms with Crippen LogP contribution in [0.4, 0.5) is 5.69 Å². The van der Waals surface area contributed by atoms with Crippen LogP contribution in [-0.2, 0) is 6.54 Å². The molecule has 0 aliphatic carbocycles. The summed E-state index contributed by atoms with van der Waals surface area (Å²) in [6, 6.07) is 8.04. The SMILES string of the molecule is CN=C(NCCCn1cc(C)cn1)N1CCN(c2ccccc2Cl)CC1. The van der Waals surface area contributed by atoms with E-state index in [1.807, 2.05) is 36.1 Å². The lowest BCUT2D eigenvalue weighted by molar-refractivity contribution is 0.371. The van der Waals surface area contributed by atoms with Crippen molar-refractivity contribution in [2.24, 2.45) is 4.99 Å². The Morgan fingerprint density at radius 3 is 2.65 bits per heavy atom. The Morgan fingerprint density at radius 1 is 1.23 bits per heavy atom. The molecule has 1 aromatic carbocycles. The number of benzene rings is 1. The van der Waals surface area contributed by atoms with Gasteiger partial charge in [-0.1, -0.05) is 23.7 Å². The van der Waals surface area contributed by atoms with Gasteiger partial charge in [0, 0.05) is 52.5 Å². The molecule has 1 aromatic heterocycles. The molecular weight excluding hydrogens is 348 g/mol. The zero-order chi connectivity index (χ0) is 18.4. The highest BCUT2D eigenvalue weighted by Gasteiger charge is 2.20. The van der Waals surface area contributed by atoms with E-state index in [4.69, 9.17) is 11.6 Å². The smallest absolute Gasteiger partial charge is 0.193 e. The molecule has 0 saturated carbocycles. The summed E-state index contributed by atoms with van der Waals surface area (Å²) >= 11 is 6.32. The number of rotatable bonds is 5. The van der Waals surface area contributed by atoms with E-state index >= 15 is 0 Å². The van der Waals surface area contributed by atoms with Crippen molar-refractivity contribution in [1.29, 1.82) is 0 Å². The first-order valence-corrected chi connectivity index (χ1v) is 9.49. The summed E-state index contributed by atoms with van der Waals surface area (Å²) in [6.07, 6.45) is 4.98. The molecule has 0 radical (unpaired) electrons. The molecule has 1 fully saturated rings. The molecule has 2 aromatic rings. The fourth-order valence-electron chi connectivity index (χ4n) is 3.23. The van der Waals surface area contributed by atoms with E-state index in [2.05, 4.69) is 44.4 Å². The van der Waals surface area contributed by atoms with Gasteiger partial charge in [-0.3, -0.25) is 9.67 Å². The minimum Gasteiger partial charge on any atom is -0.367 e. The van der Waals surface area contributed by atoms with Gasteiger partial charge in [0.25, 0.3) is 0 Å². The minimum atomic E-state index is 0.817. The van der Waals surface area contributed by atoms with Crippen LogP contribution in [-0.4, -0.2) is 60.4 Å². The van der Waals surface area contributed by atoms with Gasteiger partial charge in [-0.25, -0.2) is 0 Å². The van der Waals surface area contributed by atoms with Crippen LogP contribution >= 0.6 is 11.6 Å².